The molecule has 0 unspecified atom stereocenters. The molecule has 0 fully saturated rings. The molecule has 0 aliphatic heterocycles. The first-order valence-corrected chi connectivity index (χ1v) is 8.44. The van der Waals surface area contributed by atoms with E-state index in [9.17, 15) is 14.9 Å². The Morgan fingerprint density at radius 3 is 2.24 bits per heavy atom. The number of rotatable bonds is 7. The molecule has 150 valence electrons. The molecule has 2 aromatic carbocycles. The first-order chi connectivity index (χ1) is 13.9. The van der Waals surface area contributed by atoms with Gasteiger partial charge in [0.1, 0.15) is 17.1 Å². The fraction of sp³-hybridized carbons (Fsp3) is 0.211. The average molecular weight is 399 g/mol. The van der Waals surface area contributed by atoms with Gasteiger partial charge in [0.05, 0.1) is 19.1 Å². The van der Waals surface area contributed by atoms with Gasteiger partial charge in [0, 0.05) is 17.7 Å². The van der Waals surface area contributed by atoms with E-state index < -0.39 is 17.0 Å². The zero-order chi connectivity index (χ0) is 21.0. The van der Waals surface area contributed by atoms with Crippen molar-refractivity contribution in [2.45, 2.75) is 13.0 Å². The molecular formula is C19H17N3O7. The molecule has 10 nitrogen and oxygen atoms in total. The van der Waals surface area contributed by atoms with Crippen LogP contribution in [0.25, 0.3) is 11.5 Å². The minimum atomic E-state index is -0.851. The van der Waals surface area contributed by atoms with E-state index in [-0.39, 0.29) is 23.0 Å². The third-order valence-corrected chi connectivity index (χ3v) is 4.03. The quantitative estimate of drug-likeness (QED) is 0.333. The van der Waals surface area contributed by atoms with E-state index in [0.29, 0.717) is 17.1 Å². The summed E-state index contributed by atoms with van der Waals surface area (Å²) in [4.78, 5) is 22.9. The Labute approximate surface area is 165 Å². The van der Waals surface area contributed by atoms with E-state index in [4.69, 9.17) is 18.6 Å². The van der Waals surface area contributed by atoms with Crippen molar-refractivity contribution in [1.82, 2.24) is 10.2 Å². The number of esters is 1. The predicted octanol–water partition coefficient (Wildman–Crippen LogP) is 3.58. The highest BCUT2D eigenvalue weighted by atomic mass is 16.6. The van der Waals surface area contributed by atoms with E-state index >= 15 is 0 Å². The molecule has 1 aromatic heterocycles. The van der Waals surface area contributed by atoms with Crippen LogP contribution < -0.4 is 9.47 Å². The van der Waals surface area contributed by atoms with Gasteiger partial charge in [-0.1, -0.05) is 6.07 Å². The maximum Gasteiger partial charge on any atom is 0.346 e. The van der Waals surface area contributed by atoms with Crippen LogP contribution in [0.15, 0.2) is 46.9 Å². The number of nitro benzene ring substituents is 1. The van der Waals surface area contributed by atoms with Crippen LogP contribution in [0.3, 0.4) is 0 Å². The average Bonchev–Trinajstić information content (AvgIpc) is 3.23. The summed E-state index contributed by atoms with van der Waals surface area (Å²) in [6.07, 6.45) is -0.851. The standard InChI is InChI=1S/C19H17N3O7/c1-11(28-19(23)16-14(26-2)5-4-6-15(16)27-3)17-20-21-18(29-17)12-7-9-13(10-8-12)22(24)25/h4-11H,1-3H3/t11-/m1/s1. The zero-order valence-electron chi connectivity index (χ0n) is 15.8. The highest BCUT2D eigenvalue weighted by Crippen LogP contribution is 2.31. The van der Waals surface area contributed by atoms with Gasteiger partial charge < -0.3 is 18.6 Å². The van der Waals surface area contributed by atoms with Gasteiger partial charge in [-0.05, 0) is 31.2 Å². The number of ether oxygens (including phenoxy) is 3. The normalized spacial score (nSPS) is 11.6. The summed E-state index contributed by atoms with van der Waals surface area (Å²) < 4.78 is 21.4. The summed E-state index contributed by atoms with van der Waals surface area (Å²) in [5.41, 5.74) is 0.584. The number of carbonyl (C=O) groups is 1. The van der Waals surface area contributed by atoms with Crippen molar-refractivity contribution in [1.29, 1.82) is 0 Å². The molecule has 3 rings (SSSR count). The molecule has 0 radical (unpaired) electrons. The summed E-state index contributed by atoms with van der Waals surface area (Å²) in [6, 6.07) is 10.6. The molecule has 0 aliphatic rings. The van der Waals surface area contributed by atoms with E-state index in [0.717, 1.165) is 0 Å². The molecule has 0 bridgehead atoms. The summed E-state index contributed by atoms with van der Waals surface area (Å²) >= 11 is 0. The number of aromatic nitrogens is 2. The molecule has 0 spiro atoms. The fourth-order valence-corrected chi connectivity index (χ4v) is 2.56. The molecule has 0 amide bonds. The molecule has 3 aromatic rings. The number of methoxy groups -OCH3 is 2. The maximum atomic E-state index is 12.6. The Kier molecular flexibility index (Phi) is 5.72. The third-order valence-electron chi connectivity index (χ3n) is 4.03. The van der Waals surface area contributed by atoms with Crippen LogP contribution in [0, 0.1) is 10.1 Å². The van der Waals surface area contributed by atoms with Crippen LogP contribution >= 0.6 is 0 Å². The molecule has 1 heterocycles. The largest absolute Gasteiger partial charge is 0.496 e. The van der Waals surface area contributed by atoms with Crippen LogP contribution in [-0.2, 0) is 4.74 Å². The molecule has 29 heavy (non-hydrogen) atoms. The van der Waals surface area contributed by atoms with Gasteiger partial charge in [0.25, 0.3) is 11.6 Å². The highest BCUT2D eigenvalue weighted by molar-refractivity contribution is 5.95. The highest BCUT2D eigenvalue weighted by Gasteiger charge is 2.25. The first-order valence-electron chi connectivity index (χ1n) is 8.44. The molecule has 0 saturated heterocycles. The Bertz CT molecular complexity index is 1010. The summed E-state index contributed by atoms with van der Waals surface area (Å²) in [6.45, 7) is 1.58. The second kappa shape index (κ2) is 8.38. The third kappa shape index (κ3) is 4.15. The fourth-order valence-electron chi connectivity index (χ4n) is 2.56. The lowest BCUT2D eigenvalue weighted by atomic mass is 10.1. The lowest BCUT2D eigenvalue weighted by Crippen LogP contribution is -2.12. The number of benzene rings is 2. The molecule has 1 atom stereocenters. The SMILES string of the molecule is COc1cccc(OC)c1C(=O)O[C@H](C)c1nnc(-c2ccc([N+](=O)[O-])cc2)o1. The molecule has 10 heteroatoms. The van der Waals surface area contributed by atoms with Gasteiger partial charge in [-0.25, -0.2) is 4.79 Å². The Morgan fingerprint density at radius 2 is 1.69 bits per heavy atom. The van der Waals surface area contributed by atoms with Crippen LogP contribution in [0.5, 0.6) is 11.5 Å². The first kappa shape index (κ1) is 19.8. The lowest BCUT2D eigenvalue weighted by Gasteiger charge is -2.14. The Balaban J connectivity index is 1.78. The number of non-ortho nitro benzene ring substituents is 1. The van der Waals surface area contributed by atoms with Crippen LogP contribution in [0.1, 0.15) is 29.3 Å². The lowest BCUT2D eigenvalue weighted by molar-refractivity contribution is -0.384. The minimum absolute atomic E-state index is 0.0541. The smallest absolute Gasteiger partial charge is 0.346 e. The second-order valence-electron chi connectivity index (χ2n) is 5.83. The van der Waals surface area contributed by atoms with E-state index in [1.165, 1.54) is 38.5 Å². The van der Waals surface area contributed by atoms with Gasteiger partial charge in [-0.15, -0.1) is 10.2 Å². The Morgan fingerprint density at radius 1 is 1.07 bits per heavy atom. The number of nitro groups is 1. The van der Waals surface area contributed by atoms with E-state index in [1.807, 2.05) is 0 Å². The summed E-state index contributed by atoms with van der Waals surface area (Å²) in [5, 5.41) is 18.5. The maximum absolute atomic E-state index is 12.6. The van der Waals surface area contributed by atoms with Crippen LogP contribution in [0.4, 0.5) is 5.69 Å². The van der Waals surface area contributed by atoms with Crippen molar-refractivity contribution < 1.29 is 28.3 Å². The number of hydrogen-bond acceptors (Lipinski definition) is 9. The van der Waals surface area contributed by atoms with Gasteiger partial charge in [-0.3, -0.25) is 10.1 Å². The topological polar surface area (TPSA) is 127 Å². The van der Waals surface area contributed by atoms with E-state index in [2.05, 4.69) is 10.2 Å². The Hall–Kier alpha value is -3.95. The van der Waals surface area contributed by atoms with Crippen molar-refractivity contribution in [3.63, 3.8) is 0 Å². The molecular weight excluding hydrogens is 382 g/mol. The van der Waals surface area contributed by atoms with Gasteiger partial charge in [0.15, 0.2) is 6.10 Å². The molecule has 0 saturated carbocycles. The molecule has 0 aliphatic carbocycles. The summed E-state index contributed by atoms with van der Waals surface area (Å²) in [7, 11) is 2.87. The summed E-state index contributed by atoms with van der Waals surface area (Å²) in [5.74, 6) is 0.146. The van der Waals surface area contributed by atoms with E-state index in [1.54, 1.807) is 25.1 Å². The van der Waals surface area contributed by atoms with Gasteiger partial charge >= 0.3 is 5.97 Å². The monoisotopic (exact) mass is 399 g/mol. The minimum Gasteiger partial charge on any atom is -0.496 e. The zero-order valence-corrected chi connectivity index (χ0v) is 15.8. The van der Waals surface area contributed by atoms with Crippen LogP contribution in [0.2, 0.25) is 0 Å². The van der Waals surface area contributed by atoms with Crippen molar-refractivity contribution in [3.8, 4) is 23.0 Å². The van der Waals surface area contributed by atoms with Crippen molar-refractivity contribution in [3.05, 3.63) is 64.0 Å². The van der Waals surface area contributed by atoms with Gasteiger partial charge in [-0.2, -0.15) is 0 Å². The van der Waals surface area contributed by atoms with Crippen molar-refractivity contribution in [2.75, 3.05) is 14.2 Å². The van der Waals surface area contributed by atoms with Crippen LogP contribution in [-0.4, -0.2) is 35.3 Å². The van der Waals surface area contributed by atoms with Crippen molar-refractivity contribution in [2.24, 2.45) is 0 Å². The number of nitrogens with zero attached hydrogens (tertiary/aromatic N) is 3. The van der Waals surface area contributed by atoms with Crippen molar-refractivity contribution >= 4 is 11.7 Å². The number of carbonyl (C=O) groups excluding carboxylic acids is 1. The molecule has 0 N–H and O–H groups in total. The number of hydrogen-bond donors (Lipinski definition) is 0. The predicted molar refractivity (Wildman–Crippen MR) is 99.8 cm³/mol. The second-order valence-corrected chi connectivity index (χ2v) is 5.83. The van der Waals surface area contributed by atoms with Gasteiger partial charge in [0.2, 0.25) is 5.89 Å².